The summed E-state index contributed by atoms with van der Waals surface area (Å²) in [6.07, 6.45) is 18.4. The number of unbranched alkanes of at least 4 members (excludes halogenated alkanes) is 10. The monoisotopic (exact) mass is 332 g/mol. The third-order valence-corrected chi connectivity index (χ3v) is 5.25. The highest BCUT2D eigenvalue weighted by molar-refractivity contribution is 5.43. The zero-order valence-corrected chi connectivity index (χ0v) is 16.5. The highest BCUT2D eigenvalue weighted by Gasteiger charge is 2.09. The van der Waals surface area contributed by atoms with Gasteiger partial charge in [-0.3, -0.25) is 0 Å². The molecular formula is C23H40O. The van der Waals surface area contributed by atoms with E-state index in [4.69, 9.17) is 0 Å². The van der Waals surface area contributed by atoms with Gasteiger partial charge < -0.3 is 5.11 Å². The van der Waals surface area contributed by atoms with Gasteiger partial charge in [0.2, 0.25) is 0 Å². The van der Waals surface area contributed by atoms with Crippen molar-refractivity contribution >= 4 is 0 Å². The Hall–Kier alpha value is -0.980. The molecular weight excluding hydrogens is 292 g/mol. The van der Waals surface area contributed by atoms with E-state index in [-0.39, 0.29) is 0 Å². The van der Waals surface area contributed by atoms with Gasteiger partial charge in [-0.2, -0.15) is 0 Å². The highest BCUT2D eigenvalue weighted by Crippen LogP contribution is 2.27. The van der Waals surface area contributed by atoms with Crippen LogP contribution >= 0.6 is 0 Å². The summed E-state index contributed by atoms with van der Waals surface area (Å²) in [6.45, 7) is 6.63. The Morgan fingerprint density at radius 1 is 0.667 bits per heavy atom. The predicted octanol–water partition coefficient (Wildman–Crippen LogP) is 7.51. The molecule has 1 N–H and O–H groups in total. The molecule has 0 radical (unpaired) electrons. The molecule has 24 heavy (non-hydrogen) atoms. The Morgan fingerprint density at radius 3 is 1.75 bits per heavy atom. The second-order valence-electron chi connectivity index (χ2n) is 7.38. The molecule has 0 saturated heterocycles. The molecule has 0 aliphatic rings. The summed E-state index contributed by atoms with van der Waals surface area (Å²) < 4.78 is 0. The molecule has 0 aliphatic heterocycles. The van der Waals surface area contributed by atoms with Crippen LogP contribution in [0.1, 0.15) is 108 Å². The standard InChI is InChI=1S/C23H40O/c1-4-6-8-10-12-14-16-21-18-19-23(24)20(3)22(21)17-15-13-11-9-7-5-2/h18-19,24H,4-17H2,1-3H3. The number of phenolic OH excluding ortho intramolecular Hbond substituents is 1. The van der Waals surface area contributed by atoms with Gasteiger partial charge in [-0.15, -0.1) is 0 Å². The fraction of sp³-hybridized carbons (Fsp3) is 0.739. The number of aromatic hydroxyl groups is 1. The van der Waals surface area contributed by atoms with Gasteiger partial charge in [-0.25, -0.2) is 0 Å². The lowest BCUT2D eigenvalue weighted by Gasteiger charge is -2.14. The van der Waals surface area contributed by atoms with Crippen LogP contribution in [-0.2, 0) is 12.8 Å². The van der Waals surface area contributed by atoms with E-state index >= 15 is 0 Å². The van der Waals surface area contributed by atoms with Crippen LogP contribution in [0.4, 0.5) is 0 Å². The van der Waals surface area contributed by atoms with E-state index in [2.05, 4.69) is 26.8 Å². The smallest absolute Gasteiger partial charge is 0.118 e. The molecule has 1 nitrogen and oxygen atoms in total. The minimum absolute atomic E-state index is 0.475. The largest absolute Gasteiger partial charge is 0.508 e. The van der Waals surface area contributed by atoms with Crippen LogP contribution in [-0.4, -0.2) is 5.11 Å². The molecule has 0 unspecified atom stereocenters. The summed E-state index contributed by atoms with van der Waals surface area (Å²) >= 11 is 0. The SMILES string of the molecule is CCCCCCCCc1ccc(O)c(C)c1CCCCCCCC. The molecule has 1 heteroatoms. The molecule has 0 fully saturated rings. The predicted molar refractivity (Wildman–Crippen MR) is 107 cm³/mol. The number of rotatable bonds is 14. The van der Waals surface area contributed by atoms with Gasteiger partial charge in [0, 0.05) is 0 Å². The molecule has 0 amide bonds. The zero-order chi connectivity index (χ0) is 17.6. The first kappa shape index (κ1) is 21.1. The third kappa shape index (κ3) is 8.22. The van der Waals surface area contributed by atoms with Crippen LogP contribution in [0.5, 0.6) is 5.75 Å². The minimum Gasteiger partial charge on any atom is -0.508 e. The lowest BCUT2D eigenvalue weighted by Crippen LogP contribution is -1.99. The first-order valence-electron chi connectivity index (χ1n) is 10.5. The first-order chi connectivity index (χ1) is 11.7. The van der Waals surface area contributed by atoms with Crippen LogP contribution in [0.2, 0.25) is 0 Å². The fourth-order valence-corrected chi connectivity index (χ4v) is 3.56. The van der Waals surface area contributed by atoms with Crippen molar-refractivity contribution in [3.8, 4) is 5.75 Å². The van der Waals surface area contributed by atoms with Gasteiger partial charge in [0.15, 0.2) is 0 Å². The van der Waals surface area contributed by atoms with Crippen LogP contribution in [0.3, 0.4) is 0 Å². The molecule has 1 rings (SSSR count). The maximum atomic E-state index is 10.1. The summed E-state index contributed by atoms with van der Waals surface area (Å²) in [5.74, 6) is 0.475. The second-order valence-corrected chi connectivity index (χ2v) is 7.38. The van der Waals surface area contributed by atoms with Crippen LogP contribution in [0, 0.1) is 6.92 Å². The number of hydrogen-bond acceptors (Lipinski definition) is 1. The normalized spacial score (nSPS) is 11.1. The van der Waals surface area contributed by atoms with E-state index in [1.807, 2.05) is 6.07 Å². The average molecular weight is 333 g/mol. The summed E-state index contributed by atoms with van der Waals surface area (Å²) in [5, 5.41) is 10.1. The Labute approximate surface area is 150 Å². The molecule has 0 heterocycles. The van der Waals surface area contributed by atoms with Crippen LogP contribution in [0.15, 0.2) is 12.1 Å². The van der Waals surface area contributed by atoms with E-state index in [0.29, 0.717) is 5.75 Å². The van der Waals surface area contributed by atoms with Gasteiger partial charge in [0.25, 0.3) is 0 Å². The number of benzene rings is 1. The molecule has 1 aromatic carbocycles. The molecule has 0 atom stereocenters. The maximum Gasteiger partial charge on any atom is 0.118 e. The number of aryl methyl sites for hydroxylation is 1. The molecule has 138 valence electrons. The quantitative estimate of drug-likeness (QED) is 0.349. The molecule has 0 aromatic heterocycles. The molecule has 0 bridgehead atoms. The summed E-state index contributed by atoms with van der Waals surface area (Å²) in [6, 6.07) is 4.06. The van der Waals surface area contributed by atoms with Crippen molar-refractivity contribution in [3.63, 3.8) is 0 Å². The van der Waals surface area contributed by atoms with Crippen LogP contribution < -0.4 is 0 Å². The number of hydrogen-bond donors (Lipinski definition) is 1. The third-order valence-electron chi connectivity index (χ3n) is 5.25. The summed E-state index contributed by atoms with van der Waals surface area (Å²) in [7, 11) is 0. The number of phenols is 1. The Balaban J connectivity index is 2.44. The Bertz CT molecular complexity index is 436. The van der Waals surface area contributed by atoms with E-state index < -0.39 is 0 Å². The zero-order valence-electron chi connectivity index (χ0n) is 16.5. The fourth-order valence-electron chi connectivity index (χ4n) is 3.56. The van der Waals surface area contributed by atoms with Crippen molar-refractivity contribution in [1.82, 2.24) is 0 Å². The Kier molecular flexibility index (Phi) is 11.7. The minimum atomic E-state index is 0.475. The maximum absolute atomic E-state index is 10.1. The van der Waals surface area contributed by atoms with Gasteiger partial charge >= 0.3 is 0 Å². The van der Waals surface area contributed by atoms with E-state index in [9.17, 15) is 5.11 Å². The van der Waals surface area contributed by atoms with E-state index in [1.54, 1.807) is 0 Å². The summed E-state index contributed by atoms with van der Waals surface area (Å²) in [5.41, 5.74) is 4.03. The van der Waals surface area contributed by atoms with E-state index in [1.165, 1.54) is 94.6 Å². The van der Waals surface area contributed by atoms with Crippen molar-refractivity contribution < 1.29 is 5.11 Å². The van der Waals surface area contributed by atoms with Crippen molar-refractivity contribution in [3.05, 3.63) is 28.8 Å². The van der Waals surface area contributed by atoms with Gasteiger partial charge in [0.05, 0.1) is 0 Å². The van der Waals surface area contributed by atoms with Gasteiger partial charge in [-0.05, 0) is 55.4 Å². The van der Waals surface area contributed by atoms with Crippen molar-refractivity contribution in [2.45, 2.75) is 111 Å². The summed E-state index contributed by atoms with van der Waals surface area (Å²) in [4.78, 5) is 0. The molecule has 0 aliphatic carbocycles. The van der Waals surface area contributed by atoms with E-state index in [0.717, 1.165) is 12.0 Å². The first-order valence-corrected chi connectivity index (χ1v) is 10.5. The Morgan fingerprint density at radius 2 is 1.17 bits per heavy atom. The molecule has 0 saturated carbocycles. The van der Waals surface area contributed by atoms with Crippen molar-refractivity contribution in [2.75, 3.05) is 0 Å². The van der Waals surface area contributed by atoms with Crippen molar-refractivity contribution in [1.29, 1.82) is 0 Å². The second kappa shape index (κ2) is 13.3. The average Bonchev–Trinajstić information content (AvgIpc) is 2.59. The van der Waals surface area contributed by atoms with Gasteiger partial charge in [0.1, 0.15) is 5.75 Å². The molecule has 1 aromatic rings. The highest BCUT2D eigenvalue weighted by atomic mass is 16.3. The lowest BCUT2D eigenvalue weighted by molar-refractivity contribution is 0.469. The van der Waals surface area contributed by atoms with Gasteiger partial charge in [-0.1, -0.05) is 84.1 Å². The topological polar surface area (TPSA) is 20.2 Å². The lowest BCUT2D eigenvalue weighted by atomic mass is 9.92. The molecule has 0 spiro atoms. The van der Waals surface area contributed by atoms with Crippen LogP contribution in [0.25, 0.3) is 0 Å². The van der Waals surface area contributed by atoms with Crippen molar-refractivity contribution in [2.24, 2.45) is 0 Å².